The van der Waals surface area contributed by atoms with Gasteiger partial charge in [0.2, 0.25) is 0 Å². The Morgan fingerprint density at radius 2 is 2.07 bits per heavy atom. The highest BCUT2D eigenvalue weighted by molar-refractivity contribution is 5.74. The molecule has 3 rings (SSSR count). The van der Waals surface area contributed by atoms with Gasteiger partial charge in [-0.1, -0.05) is 29.8 Å². The zero-order valence-electron chi connectivity index (χ0n) is 17.4. The fourth-order valence-electron chi connectivity index (χ4n) is 3.79. The second kappa shape index (κ2) is 9.73. The number of piperidine rings is 1. The van der Waals surface area contributed by atoms with Crippen molar-refractivity contribution in [2.75, 3.05) is 33.7 Å². The second-order valence-corrected chi connectivity index (χ2v) is 8.07. The second-order valence-electron chi connectivity index (χ2n) is 8.07. The van der Waals surface area contributed by atoms with Gasteiger partial charge in [0, 0.05) is 44.5 Å². The highest BCUT2D eigenvalue weighted by atomic mass is 16.2. The summed E-state index contributed by atoms with van der Waals surface area (Å²) >= 11 is 0. The van der Waals surface area contributed by atoms with Gasteiger partial charge in [-0.05, 0) is 52.4 Å². The summed E-state index contributed by atoms with van der Waals surface area (Å²) in [5.74, 6) is 1.43. The van der Waals surface area contributed by atoms with Crippen molar-refractivity contribution in [3.63, 3.8) is 0 Å². The number of nitrogens with zero attached hydrogens (tertiary/aromatic N) is 4. The minimum Gasteiger partial charge on any atom is -0.335 e. The van der Waals surface area contributed by atoms with Crippen LogP contribution >= 0.6 is 0 Å². The topological polar surface area (TPSA) is 53.4 Å². The van der Waals surface area contributed by atoms with Gasteiger partial charge in [-0.3, -0.25) is 0 Å². The van der Waals surface area contributed by atoms with Crippen molar-refractivity contribution in [1.29, 1.82) is 0 Å². The fraction of sp³-hybridized carbons (Fsp3) is 0.545. The molecule has 1 saturated heterocycles. The first-order chi connectivity index (χ1) is 13.5. The summed E-state index contributed by atoms with van der Waals surface area (Å²) in [6.45, 7) is 6.24. The number of urea groups is 1. The summed E-state index contributed by atoms with van der Waals surface area (Å²) < 4.78 is 2.27. The molecule has 1 fully saturated rings. The molecule has 1 aliphatic heterocycles. The number of carbonyl (C=O) groups excluding carboxylic acids is 1. The number of aromatic nitrogens is 2. The SMILES string of the molecule is Cc1ccc(CNC(=O)N2CCC[C@@H](c3nccn3CCCN(C)C)C2)cc1. The Balaban J connectivity index is 1.54. The van der Waals surface area contributed by atoms with Gasteiger partial charge in [-0.25, -0.2) is 9.78 Å². The van der Waals surface area contributed by atoms with Crippen LogP contribution in [0, 0.1) is 6.92 Å². The molecule has 0 bridgehead atoms. The van der Waals surface area contributed by atoms with Crippen molar-refractivity contribution in [1.82, 2.24) is 24.7 Å². The molecule has 1 aromatic heterocycles. The molecular formula is C22H33N5O. The quantitative estimate of drug-likeness (QED) is 0.799. The van der Waals surface area contributed by atoms with Crippen LogP contribution in [0.15, 0.2) is 36.7 Å². The number of nitrogens with one attached hydrogen (secondary N) is 1. The maximum Gasteiger partial charge on any atom is 0.317 e. The van der Waals surface area contributed by atoms with Gasteiger partial charge in [-0.15, -0.1) is 0 Å². The first kappa shape index (κ1) is 20.4. The van der Waals surface area contributed by atoms with Crippen LogP contribution in [0.4, 0.5) is 4.79 Å². The van der Waals surface area contributed by atoms with E-state index < -0.39 is 0 Å². The molecule has 2 heterocycles. The maximum atomic E-state index is 12.7. The summed E-state index contributed by atoms with van der Waals surface area (Å²) in [6, 6.07) is 8.32. The van der Waals surface area contributed by atoms with Crippen LogP contribution in [0.3, 0.4) is 0 Å². The molecule has 1 aromatic carbocycles. The molecular weight excluding hydrogens is 350 g/mol. The van der Waals surface area contributed by atoms with E-state index in [4.69, 9.17) is 0 Å². The first-order valence-corrected chi connectivity index (χ1v) is 10.3. The molecule has 2 aromatic rings. The van der Waals surface area contributed by atoms with E-state index in [9.17, 15) is 4.79 Å². The Bertz CT molecular complexity index is 753. The average molecular weight is 384 g/mol. The van der Waals surface area contributed by atoms with Gasteiger partial charge in [0.15, 0.2) is 0 Å². The summed E-state index contributed by atoms with van der Waals surface area (Å²) in [7, 11) is 4.20. The van der Waals surface area contributed by atoms with Crippen molar-refractivity contribution in [3.05, 3.63) is 53.6 Å². The highest BCUT2D eigenvalue weighted by Gasteiger charge is 2.27. The van der Waals surface area contributed by atoms with E-state index in [1.165, 1.54) is 5.56 Å². The van der Waals surface area contributed by atoms with E-state index in [2.05, 4.69) is 71.2 Å². The third kappa shape index (κ3) is 5.58. The van der Waals surface area contributed by atoms with Crippen LogP contribution in [0.2, 0.25) is 0 Å². The number of amides is 2. The number of imidazole rings is 1. The van der Waals surface area contributed by atoms with Gasteiger partial charge < -0.3 is 19.7 Å². The van der Waals surface area contributed by atoms with E-state index >= 15 is 0 Å². The Morgan fingerprint density at radius 1 is 1.29 bits per heavy atom. The normalized spacial score (nSPS) is 17.1. The predicted molar refractivity (Wildman–Crippen MR) is 112 cm³/mol. The molecule has 0 unspecified atom stereocenters. The van der Waals surface area contributed by atoms with Crippen LogP contribution in [-0.2, 0) is 13.1 Å². The standard InChI is InChI=1S/C22H33N5O/c1-18-7-9-19(10-8-18)16-24-22(28)27-13-4-6-20(17-27)21-23-11-15-26(21)14-5-12-25(2)3/h7-11,15,20H,4-6,12-14,16-17H2,1-3H3,(H,24,28)/t20-/m1/s1. The summed E-state index contributed by atoms with van der Waals surface area (Å²) in [5, 5.41) is 3.07. The van der Waals surface area contributed by atoms with Crippen molar-refractivity contribution < 1.29 is 4.79 Å². The lowest BCUT2D eigenvalue weighted by molar-refractivity contribution is 0.177. The van der Waals surface area contributed by atoms with Crippen molar-refractivity contribution in [3.8, 4) is 0 Å². The first-order valence-electron chi connectivity index (χ1n) is 10.3. The Labute approximate surface area is 168 Å². The van der Waals surface area contributed by atoms with Gasteiger partial charge in [-0.2, -0.15) is 0 Å². The lowest BCUT2D eigenvalue weighted by Gasteiger charge is -2.32. The van der Waals surface area contributed by atoms with Crippen LogP contribution in [0.25, 0.3) is 0 Å². The lowest BCUT2D eigenvalue weighted by Crippen LogP contribution is -2.45. The third-order valence-corrected chi connectivity index (χ3v) is 5.39. The highest BCUT2D eigenvalue weighted by Crippen LogP contribution is 2.26. The number of benzene rings is 1. The molecule has 2 amide bonds. The number of aryl methyl sites for hydroxylation is 2. The van der Waals surface area contributed by atoms with Gasteiger partial charge in [0.25, 0.3) is 0 Å². The van der Waals surface area contributed by atoms with Gasteiger partial charge in [0.1, 0.15) is 5.82 Å². The fourth-order valence-corrected chi connectivity index (χ4v) is 3.79. The average Bonchev–Trinajstić information content (AvgIpc) is 3.15. The number of carbonyl (C=O) groups is 1. The minimum atomic E-state index is 0.0241. The predicted octanol–water partition coefficient (Wildman–Crippen LogP) is 3.23. The van der Waals surface area contributed by atoms with E-state index in [0.29, 0.717) is 12.5 Å². The van der Waals surface area contributed by atoms with Gasteiger partial charge >= 0.3 is 6.03 Å². The van der Waals surface area contributed by atoms with Crippen LogP contribution in [0.1, 0.15) is 42.1 Å². The Hall–Kier alpha value is -2.34. The molecule has 1 N–H and O–H groups in total. The zero-order chi connectivity index (χ0) is 19.9. The Kier molecular flexibility index (Phi) is 7.09. The molecule has 1 aliphatic rings. The number of likely N-dealkylation sites (tertiary alicyclic amines) is 1. The van der Waals surface area contributed by atoms with E-state index in [-0.39, 0.29) is 6.03 Å². The molecule has 0 aliphatic carbocycles. The maximum absolute atomic E-state index is 12.7. The van der Waals surface area contributed by atoms with Crippen LogP contribution in [-0.4, -0.2) is 59.1 Å². The molecule has 152 valence electrons. The largest absolute Gasteiger partial charge is 0.335 e. The molecule has 0 saturated carbocycles. The zero-order valence-corrected chi connectivity index (χ0v) is 17.4. The molecule has 6 heteroatoms. The number of hydrogen-bond acceptors (Lipinski definition) is 3. The van der Waals surface area contributed by atoms with Crippen molar-refractivity contribution in [2.45, 2.75) is 45.2 Å². The molecule has 28 heavy (non-hydrogen) atoms. The molecule has 1 atom stereocenters. The summed E-state index contributed by atoms with van der Waals surface area (Å²) in [4.78, 5) is 21.4. The molecule has 0 radical (unpaired) electrons. The summed E-state index contributed by atoms with van der Waals surface area (Å²) in [5.41, 5.74) is 2.36. The van der Waals surface area contributed by atoms with E-state index in [0.717, 1.165) is 56.8 Å². The van der Waals surface area contributed by atoms with E-state index in [1.54, 1.807) is 0 Å². The van der Waals surface area contributed by atoms with Gasteiger partial charge in [0.05, 0.1) is 0 Å². The van der Waals surface area contributed by atoms with E-state index in [1.807, 2.05) is 11.1 Å². The number of rotatable bonds is 7. The lowest BCUT2D eigenvalue weighted by atomic mass is 9.97. The van der Waals surface area contributed by atoms with Crippen molar-refractivity contribution >= 4 is 6.03 Å². The van der Waals surface area contributed by atoms with Crippen molar-refractivity contribution in [2.24, 2.45) is 0 Å². The minimum absolute atomic E-state index is 0.0241. The third-order valence-electron chi connectivity index (χ3n) is 5.39. The Morgan fingerprint density at radius 3 is 2.82 bits per heavy atom. The van der Waals surface area contributed by atoms with Crippen LogP contribution < -0.4 is 5.32 Å². The van der Waals surface area contributed by atoms with Crippen LogP contribution in [0.5, 0.6) is 0 Å². The summed E-state index contributed by atoms with van der Waals surface area (Å²) in [6.07, 6.45) is 7.17. The monoisotopic (exact) mass is 383 g/mol. The molecule has 6 nitrogen and oxygen atoms in total. The smallest absolute Gasteiger partial charge is 0.317 e. The molecule has 0 spiro atoms. The number of hydrogen-bond donors (Lipinski definition) is 1.